The molecule has 1 aliphatic heterocycles. The van der Waals surface area contributed by atoms with Crippen LogP contribution in [0, 0.1) is 11.7 Å². The molecular formula is C18H22FN3. The molecule has 0 spiro atoms. The summed E-state index contributed by atoms with van der Waals surface area (Å²) < 4.78 is 15.2. The van der Waals surface area contributed by atoms with Crippen LogP contribution in [-0.2, 0) is 13.0 Å². The van der Waals surface area contributed by atoms with Crippen molar-refractivity contribution in [1.29, 1.82) is 0 Å². The zero-order chi connectivity index (χ0) is 14.9. The van der Waals surface area contributed by atoms with Crippen LogP contribution >= 0.6 is 0 Å². The number of rotatable bonds is 4. The largest absolute Gasteiger partial charge is 0.335 e. The van der Waals surface area contributed by atoms with Crippen molar-refractivity contribution in [1.82, 2.24) is 14.9 Å². The maximum absolute atomic E-state index is 12.9. The lowest BCUT2D eigenvalue weighted by atomic mass is 9.75. The third-order valence-electron chi connectivity index (χ3n) is 5.21. The van der Waals surface area contributed by atoms with Gasteiger partial charge in [-0.05, 0) is 55.3 Å². The van der Waals surface area contributed by atoms with E-state index in [0.29, 0.717) is 17.9 Å². The standard InChI is InChI=1S/C18H22FN3/c19-16-4-2-14(3-5-16)15-9-17(10-15)21-11-13-1-6-18-20-7-8-22(18)12-13/h2-5,7-8,13,15,17,21H,1,6,9-12H2/t13-,15?,17?/m0/s1. The van der Waals surface area contributed by atoms with Gasteiger partial charge >= 0.3 is 0 Å². The maximum atomic E-state index is 12.9. The fourth-order valence-corrected chi connectivity index (χ4v) is 3.73. The molecule has 1 fully saturated rings. The fraction of sp³-hybridized carbons (Fsp3) is 0.500. The molecular weight excluding hydrogens is 277 g/mol. The third-order valence-corrected chi connectivity index (χ3v) is 5.21. The topological polar surface area (TPSA) is 29.9 Å². The summed E-state index contributed by atoms with van der Waals surface area (Å²) in [4.78, 5) is 4.38. The van der Waals surface area contributed by atoms with Crippen LogP contribution in [0.2, 0.25) is 0 Å². The number of aryl methyl sites for hydroxylation is 1. The molecule has 2 aromatic rings. The van der Waals surface area contributed by atoms with Gasteiger partial charge in [0.1, 0.15) is 11.6 Å². The van der Waals surface area contributed by atoms with E-state index in [2.05, 4.69) is 21.1 Å². The molecule has 1 N–H and O–H groups in total. The zero-order valence-electron chi connectivity index (χ0n) is 12.7. The molecule has 0 unspecified atom stereocenters. The van der Waals surface area contributed by atoms with Crippen LogP contribution in [0.5, 0.6) is 0 Å². The van der Waals surface area contributed by atoms with Crippen molar-refractivity contribution < 1.29 is 4.39 Å². The summed E-state index contributed by atoms with van der Waals surface area (Å²) in [5.74, 6) is 2.40. The van der Waals surface area contributed by atoms with E-state index in [9.17, 15) is 4.39 Å². The Labute approximate surface area is 130 Å². The average Bonchev–Trinajstić information content (AvgIpc) is 2.95. The van der Waals surface area contributed by atoms with Gasteiger partial charge < -0.3 is 9.88 Å². The highest BCUT2D eigenvalue weighted by molar-refractivity contribution is 5.23. The highest BCUT2D eigenvalue weighted by atomic mass is 19.1. The SMILES string of the molecule is Fc1ccc(C2CC(NC[C@@H]3CCc4nccn4C3)C2)cc1. The summed E-state index contributed by atoms with van der Waals surface area (Å²) in [6.45, 7) is 2.19. The second kappa shape index (κ2) is 5.84. The summed E-state index contributed by atoms with van der Waals surface area (Å²) in [7, 11) is 0. The summed E-state index contributed by atoms with van der Waals surface area (Å²) in [6, 6.07) is 7.62. The molecule has 2 heterocycles. The Morgan fingerprint density at radius 3 is 2.86 bits per heavy atom. The van der Waals surface area contributed by atoms with E-state index in [1.807, 2.05) is 18.3 Å². The molecule has 1 atom stereocenters. The number of nitrogens with one attached hydrogen (secondary N) is 1. The molecule has 0 radical (unpaired) electrons. The van der Waals surface area contributed by atoms with Crippen LogP contribution in [-0.4, -0.2) is 22.1 Å². The zero-order valence-corrected chi connectivity index (χ0v) is 12.7. The Kier molecular flexibility index (Phi) is 3.70. The molecule has 2 aliphatic rings. The van der Waals surface area contributed by atoms with Crippen molar-refractivity contribution in [2.75, 3.05) is 6.54 Å². The Morgan fingerprint density at radius 2 is 2.05 bits per heavy atom. The first-order chi connectivity index (χ1) is 10.8. The Hall–Kier alpha value is -1.68. The van der Waals surface area contributed by atoms with Crippen molar-refractivity contribution in [2.45, 2.75) is 44.2 Å². The molecule has 1 aromatic carbocycles. The Balaban J connectivity index is 1.23. The van der Waals surface area contributed by atoms with E-state index < -0.39 is 0 Å². The maximum Gasteiger partial charge on any atom is 0.123 e. The highest BCUT2D eigenvalue weighted by Gasteiger charge is 2.30. The van der Waals surface area contributed by atoms with E-state index in [1.54, 1.807) is 12.1 Å². The molecule has 4 rings (SSSR count). The molecule has 0 amide bonds. The number of aromatic nitrogens is 2. The number of nitrogens with zero attached hydrogens (tertiary/aromatic N) is 2. The molecule has 4 heteroatoms. The summed E-state index contributed by atoms with van der Waals surface area (Å²) >= 11 is 0. The van der Waals surface area contributed by atoms with Crippen molar-refractivity contribution in [3.8, 4) is 0 Å². The number of imidazole rings is 1. The van der Waals surface area contributed by atoms with E-state index >= 15 is 0 Å². The summed E-state index contributed by atoms with van der Waals surface area (Å²) in [5, 5.41) is 3.72. The van der Waals surface area contributed by atoms with Gasteiger partial charge in [0.25, 0.3) is 0 Å². The lowest BCUT2D eigenvalue weighted by Gasteiger charge is -2.37. The normalized spacial score (nSPS) is 27.2. The van der Waals surface area contributed by atoms with Gasteiger partial charge in [0.05, 0.1) is 0 Å². The monoisotopic (exact) mass is 299 g/mol. The lowest BCUT2D eigenvalue weighted by Crippen LogP contribution is -2.43. The van der Waals surface area contributed by atoms with E-state index in [0.717, 1.165) is 19.5 Å². The fourth-order valence-electron chi connectivity index (χ4n) is 3.73. The molecule has 1 aliphatic carbocycles. The van der Waals surface area contributed by atoms with Crippen LogP contribution in [0.25, 0.3) is 0 Å². The van der Waals surface area contributed by atoms with Crippen LogP contribution in [0.15, 0.2) is 36.7 Å². The first-order valence-corrected chi connectivity index (χ1v) is 8.27. The Bertz CT molecular complexity index is 628. The van der Waals surface area contributed by atoms with E-state index in [1.165, 1.54) is 30.7 Å². The van der Waals surface area contributed by atoms with Gasteiger partial charge in [0, 0.05) is 31.4 Å². The van der Waals surface area contributed by atoms with Crippen molar-refractivity contribution in [3.05, 3.63) is 53.9 Å². The Morgan fingerprint density at radius 1 is 1.23 bits per heavy atom. The second-order valence-electron chi connectivity index (χ2n) is 6.73. The predicted octanol–water partition coefficient (Wildman–Crippen LogP) is 3.12. The number of benzene rings is 1. The minimum absolute atomic E-state index is 0.145. The first-order valence-electron chi connectivity index (χ1n) is 8.27. The number of fused-ring (bicyclic) bond motifs is 1. The van der Waals surface area contributed by atoms with E-state index in [-0.39, 0.29) is 5.82 Å². The van der Waals surface area contributed by atoms with Crippen LogP contribution in [0.3, 0.4) is 0 Å². The number of hydrogen-bond donors (Lipinski definition) is 1. The van der Waals surface area contributed by atoms with Crippen molar-refractivity contribution >= 4 is 0 Å². The smallest absolute Gasteiger partial charge is 0.123 e. The minimum atomic E-state index is -0.145. The number of hydrogen-bond acceptors (Lipinski definition) is 2. The lowest BCUT2D eigenvalue weighted by molar-refractivity contribution is 0.256. The van der Waals surface area contributed by atoms with Gasteiger partial charge in [-0.1, -0.05) is 12.1 Å². The highest BCUT2D eigenvalue weighted by Crippen LogP contribution is 2.37. The quantitative estimate of drug-likeness (QED) is 0.940. The molecule has 0 saturated heterocycles. The average molecular weight is 299 g/mol. The third kappa shape index (κ3) is 2.80. The van der Waals surface area contributed by atoms with Gasteiger partial charge in [-0.25, -0.2) is 9.37 Å². The molecule has 1 saturated carbocycles. The van der Waals surface area contributed by atoms with Gasteiger partial charge in [-0.15, -0.1) is 0 Å². The molecule has 0 bridgehead atoms. The van der Waals surface area contributed by atoms with Gasteiger partial charge in [0.15, 0.2) is 0 Å². The minimum Gasteiger partial charge on any atom is -0.335 e. The van der Waals surface area contributed by atoms with Crippen molar-refractivity contribution in [3.63, 3.8) is 0 Å². The summed E-state index contributed by atoms with van der Waals surface area (Å²) in [5.41, 5.74) is 1.28. The van der Waals surface area contributed by atoms with E-state index in [4.69, 9.17) is 0 Å². The predicted molar refractivity (Wildman–Crippen MR) is 84.2 cm³/mol. The van der Waals surface area contributed by atoms with Gasteiger partial charge in [0.2, 0.25) is 0 Å². The number of halogens is 1. The second-order valence-corrected chi connectivity index (χ2v) is 6.73. The van der Waals surface area contributed by atoms with Gasteiger partial charge in [-0.2, -0.15) is 0 Å². The van der Waals surface area contributed by atoms with Crippen LogP contribution in [0.1, 0.15) is 36.6 Å². The van der Waals surface area contributed by atoms with Gasteiger partial charge in [-0.3, -0.25) is 0 Å². The first kappa shape index (κ1) is 13.9. The van der Waals surface area contributed by atoms with Crippen LogP contribution in [0.4, 0.5) is 4.39 Å². The van der Waals surface area contributed by atoms with Crippen molar-refractivity contribution in [2.24, 2.45) is 5.92 Å². The molecule has 116 valence electrons. The summed E-state index contributed by atoms with van der Waals surface area (Å²) in [6.07, 6.45) is 8.68. The molecule has 1 aromatic heterocycles. The molecule has 3 nitrogen and oxygen atoms in total. The molecule has 22 heavy (non-hydrogen) atoms. The van der Waals surface area contributed by atoms with Crippen LogP contribution < -0.4 is 5.32 Å².